The minimum Gasteiger partial charge on any atom is -0.363 e. The van der Waals surface area contributed by atoms with Gasteiger partial charge in [-0.25, -0.2) is 18.0 Å². The van der Waals surface area contributed by atoms with Crippen LogP contribution >= 0.6 is 0 Å². The van der Waals surface area contributed by atoms with Crippen molar-refractivity contribution in [3.8, 4) is 0 Å². The summed E-state index contributed by atoms with van der Waals surface area (Å²) in [6, 6.07) is 10.8. The van der Waals surface area contributed by atoms with E-state index in [-0.39, 0.29) is 24.2 Å². The number of piperidine rings is 1. The van der Waals surface area contributed by atoms with Crippen LogP contribution < -0.4 is 0 Å². The van der Waals surface area contributed by atoms with Crippen molar-refractivity contribution >= 4 is 11.6 Å². The van der Waals surface area contributed by atoms with Gasteiger partial charge in [-0.1, -0.05) is 30.3 Å². The largest absolute Gasteiger partial charge is 0.363 e. The van der Waals surface area contributed by atoms with Gasteiger partial charge in [0.25, 0.3) is 0 Å². The summed E-state index contributed by atoms with van der Waals surface area (Å²) in [5.41, 5.74) is -1.10. The van der Waals surface area contributed by atoms with E-state index in [1.807, 2.05) is 11.9 Å². The Morgan fingerprint density at radius 2 is 1.94 bits per heavy atom. The molecule has 0 unspecified atom stereocenters. The first-order valence-electron chi connectivity index (χ1n) is 11.0. The zero-order chi connectivity index (χ0) is 23.8. The molecule has 0 saturated carbocycles. The Morgan fingerprint density at radius 1 is 1.21 bits per heavy atom. The number of hydrogen-bond acceptors (Lipinski definition) is 3. The fourth-order valence-electron chi connectivity index (χ4n) is 4.73. The van der Waals surface area contributed by atoms with E-state index in [4.69, 9.17) is 0 Å². The summed E-state index contributed by atoms with van der Waals surface area (Å²) in [5, 5.41) is 11.7. The Hall–Kier alpha value is -2.84. The zero-order valence-corrected chi connectivity index (χ0v) is 18.7. The topological polar surface area (TPSA) is 47.0 Å². The fourth-order valence-corrected chi connectivity index (χ4v) is 4.73. The lowest BCUT2D eigenvalue weighted by Crippen LogP contribution is -2.56. The lowest BCUT2D eigenvalue weighted by molar-refractivity contribution is -0.0409. The van der Waals surface area contributed by atoms with Gasteiger partial charge in [0.1, 0.15) is 18.3 Å². The van der Waals surface area contributed by atoms with Gasteiger partial charge in [0.05, 0.1) is 6.54 Å². The number of halogens is 3. The van der Waals surface area contributed by atoms with E-state index in [2.05, 4.69) is 0 Å². The van der Waals surface area contributed by atoms with Gasteiger partial charge >= 0.3 is 6.03 Å². The number of alkyl halides is 1. The third-order valence-corrected chi connectivity index (χ3v) is 6.83. The van der Waals surface area contributed by atoms with Gasteiger partial charge in [-0.2, -0.15) is 0 Å². The number of amides is 2. The first-order valence-corrected chi connectivity index (χ1v) is 11.0. The van der Waals surface area contributed by atoms with Crippen LogP contribution in [0.4, 0.5) is 18.0 Å². The van der Waals surface area contributed by atoms with E-state index in [1.54, 1.807) is 37.4 Å². The van der Waals surface area contributed by atoms with Crippen LogP contribution in [0.2, 0.25) is 0 Å². The van der Waals surface area contributed by atoms with E-state index in [9.17, 15) is 23.1 Å². The summed E-state index contributed by atoms with van der Waals surface area (Å²) in [5.74, 6) is -1.25. The standard InChI is InChI=1S/C25H28F3N3O2/c1-29-11-10-20(13-21(29)15-26)30(2)24(32)31-16-17(22-12-19(27)8-9-23(22)28)14-25(31,33)18-6-4-3-5-7-18/h3-9,12,14,20-21,33H,10-11,13,15-16H2,1-2H3/t20-,21-,25-/m1/s1. The monoisotopic (exact) mass is 459 g/mol. The van der Waals surface area contributed by atoms with Crippen molar-refractivity contribution in [1.29, 1.82) is 0 Å². The molecule has 3 atom stereocenters. The van der Waals surface area contributed by atoms with Crippen molar-refractivity contribution in [1.82, 2.24) is 14.7 Å². The second kappa shape index (κ2) is 9.19. The Kier molecular flexibility index (Phi) is 6.50. The lowest BCUT2D eigenvalue weighted by atomic mass is 9.97. The highest BCUT2D eigenvalue weighted by Crippen LogP contribution is 2.40. The van der Waals surface area contributed by atoms with Crippen LogP contribution in [0.5, 0.6) is 0 Å². The van der Waals surface area contributed by atoms with Crippen LogP contribution in [-0.2, 0) is 5.72 Å². The highest BCUT2D eigenvalue weighted by Gasteiger charge is 2.46. The zero-order valence-electron chi connectivity index (χ0n) is 18.7. The number of urea groups is 1. The second-order valence-electron chi connectivity index (χ2n) is 8.83. The molecule has 2 heterocycles. The summed E-state index contributed by atoms with van der Waals surface area (Å²) in [6.07, 6.45) is 2.56. The van der Waals surface area contributed by atoms with Gasteiger partial charge in [0.2, 0.25) is 0 Å². The number of benzene rings is 2. The van der Waals surface area contributed by atoms with Crippen LogP contribution in [0.25, 0.3) is 5.57 Å². The first kappa shape index (κ1) is 23.3. The number of carbonyl (C=O) groups is 1. The Morgan fingerprint density at radius 3 is 2.64 bits per heavy atom. The van der Waals surface area contributed by atoms with E-state index >= 15 is 0 Å². The molecule has 0 bridgehead atoms. The molecule has 2 amide bonds. The van der Waals surface area contributed by atoms with Gasteiger partial charge in [-0.05, 0) is 49.7 Å². The molecule has 0 radical (unpaired) electrons. The normalized spacial score (nSPS) is 25.8. The summed E-state index contributed by atoms with van der Waals surface area (Å²) >= 11 is 0. The van der Waals surface area contributed by atoms with Crippen LogP contribution in [0.3, 0.4) is 0 Å². The maximum absolute atomic E-state index is 14.5. The van der Waals surface area contributed by atoms with Crippen molar-refractivity contribution < 1.29 is 23.1 Å². The van der Waals surface area contributed by atoms with E-state index < -0.39 is 30.1 Å². The average molecular weight is 460 g/mol. The number of hydrogen-bond donors (Lipinski definition) is 1. The molecule has 5 nitrogen and oxygen atoms in total. The molecule has 2 aromatic rings. The minimum atomic E-state index is -1.84. The maximum Gasteiger partial charge on any atom is 0.323 e. The first-order chi connectivity index (χ1) is 15.7. The Bertz CT molecular complexity index is 1050. The summed E-state index contributed by atoms with van der Waals surface area (Å²) in [6.45, 7) is 0.0448. The third kappa shape index (κ3) is 4.37. The Balaban J connectivity index is 1.68. The quantitative estimate of drug-likeness (QED) is 0.752. The summed E-state index contributed by atoms with van der Waals surface area (Å²) in [4.78, 5) is 18.3. The van der Waals surface area contributed by atoms with Crippen LogP contribution in [0.15, 0.2) is 54.6 Å². The SMILES string of the molecule is CN1CC[C@@H](N(C)C(=O)N2CC(c3cc(F)ccc3F)=C[C@@]2(O)c2ccccc2)C[C@@H]1CF. The molecule has 0 aromatic heterocycles. The second-order valence-corrected chi connectivity index (χ2v) is 8.83. The lowest BCUT2D eigenvalue weighted by Gasteiger charge is -2.43. The molecular formula is C25H28F3N3O2. The van der Waals surface area contributed by atoms with E-state index in [0.717, 1.165) is 18.2 Å². The highest BCUT2D eigenvalue weighted by molar-refractivity contribution is 5.83. The smallest absolute Gasteiger partial charge is 0.323 e. The Labute approximate surface area is 191 Å². The molecule has 2 aliphatic heterocycles. The van der Waals surface area contributed by atoms with Gasteiger partial charge in [-0.3, -0.25) is 4.90 Å². The maximum atomic E-state index is 14.5. The van der Waals surface area contributed by atoms with E-state index in [0.29, 0.717) is 30.5 Å². The molecule has 4 rings (SSSR count). The van der Waals surface area contributed by atoms with Crippen molar-refractivity contribution in [2.24, 2.45) is 0 Å². The predicted molar refractivity (Wildman–Crippen MR) is 120 cm³/mol. The van der Waals surface area contributed by atoms with Crippen molar-refractivity contribution in [2.45, 2.75) is 30.7 Å². The summed E-state index contributed by atoms with van der Waals surface area (Å²) in [7, 11) is 3.50. The number of nitrogens with zero attached hydrogens (tertiary/aromatic N) is 3. The molecule has 2 aromatic carbocycles. The highest BCUT2D eigenvalue weighted by atomic mass is 19.1. The number of likely N-dealkylation sites (tertiary alicyclic amines) is 1. The van der Waals surface area contributed by atoms with Crippen molar-refractivity contribution in [3.63, 3.8) is 0 Å². The molecule has 0 aliphatic carbocycles. The van der Waals surface area contributed by atoms with Gasteiger partial charge in [0, 0.05) is 36.8 Å². The molecule has 1 fully saturated rings. The molecule has 176 valence electrons. The molecule has 8 heteroatoms. The van der Waals surface area contributed by atoms with Crippen molar-refractivity contribution in [2.75, 3.05) is 33.9 Å². The summed E-state index contributed by atoms with van der Waals surface area (Å²) < 4.78 is 41.8. The van der Waals surface area contributed by atoms with Crippen LogP contribution in [0.1, 0.15) is 24.0 Å². The number of rotatable bonds is 4. The average Bonchev–Trinajstić information content (AvgIpc) is 3.19. The molecular weight excluding hydrogens is 431 g/mol. The minimum absolute atomic E-state index is 0.000839. The van der Waals surface area contributed by atoms with Gasteiger partial charge in [0.15, 0.2) is 5.72 Å². The molecule has 2 aliphatic rings. The molecule has 0 spiro atoms. The van der Waals surface area contributed by atoms with Crippen LogP contribution in [0, 0.1) is 11.6 Å². The number of carbonyl (C=O) groups excluding carboxylic acids is 1. The third-order valence-electron chi connectivity index (χ3n) is 6.83. The van der Waals surface area contributed by atoms with E-state index in [1.165, 1.54) is 15.9 Å². The predicted octanol–water partition coefficient (Wildman–Crippen LogP) is 3.99. The van der Waals surface area contributed by atoms with Crippen LogP contribution in [-0.4, -0.2) is 71.8 Å². The van der Waals surface area contributed by atoms with Gasteiger partial charge < -0.3 is 14.9 Å². The molecule has 33 heavy (non-hydrogen) atoms. The van der Waals surface area contributed by atoms with Crippen molar-refractivity contribution in [3.05, 3.63) is 77.4 Å². The fraction of sp³-hybridized carbons (Fsp3) is 0.400. The molecule has 1 N–H and O–H groups in total. The van der Waals surface area contributed by atoms with Gasteiger partial charge in [-0.15, -0.1) is 0 Å². The molecule has 1 saturated heterocycles. The number of aliphatic hydroxyl groups is 1.